The fourth-order valence-corrected chi connectivity index (χ4v) is 3.90. The van der Waals surface area contributed by atoms with Gasteiger partial charge in [0.1, 0.15) is 0 Å². The molecule has 0 saturated carbocycles. The maximum Gasteiger partial charge on any atom is 0.335 e. The molecule has 1 aliphatic heterocycles. The van der Waals surface area contributed by atoms with Crippen molar-refractivity contribution < 1.29 is 14.7 Å². The van der Waals surface area contributed by atoms with Gasteiger partial charge in [-0.15, -0.1) is 11.3 Å². The molecular formula is C19H22N2O3S. The maximum absolute atomic E-state index is 12.2. The molecule has 6 heteroatoms. The lowest BCUT2D eigenvalue weighted by Gasteiger charge is -2.32. The summed E-state index contributed by atoms with van der Waals surface area (Å²) in [5.41, 5.74) is 1.37. The first-order valence-electron chi connectivity index (χ1n) is 8.46. The summed E-state index contributed by atoms with van der Waals surface area (Å²) in [5.74, 6) is -0.589. The number of hydrogen-bond acceptors (Lipinski definition) is 4. The summed E-state index contributed by atoms with van der Waals surface area (Å²) >= 11 is 1.64. The Labute approximate surface area is 151 Å². The Morgan fingerprint density at radius 2 is 2.16 bits per heavy atom. The van der Waals surface area contributed by atoms with E-state index in [0.717, 1.165) is 36.4 Å². The van der Waals surface area contributed by atoms with Crippen LogP contribution in [-0.4, -0.2) is 41.5 Å². The average molecular weight is 358 g/mol. The van der Waals surface area contributed by atoms with Crippen molar-refractivity contribution in [2.24, 2.45) is 0 Å². The van der Waals surface area contributed by atoms with Crippen LogP contribution in [0.1, 0.15) is 39.6 Å². The second-order valence-electron chi connectivity index (χ2n) is 6.36. The van der Waals surface area contributed by atoms with E-state index in [9.17, 15) is 9.59 Å². The second kappa shape index (κ2) is 8.27. The van der Waals surface area contributed by atoms with Gasteiger partial charge in [0, 0.05) is 11.4 Å². The van der Waals surface area contributed by atoms with Crippen LogP contribution >= 0.6 is 11.3 Å². The zero-order chi connectivity index (χ0) is 17.6. The SMILES string of the molecule is O=C(CN1CCCC(c2cccc(C(=O)O)c2)C1)NCc1cccs1. The van der Waals surface area contributed by atoms with Crippen LogP contribution in [0.2, 0.25) is 0 Å². The first kappa shape index (κ1) is 17.6. The lowest BCUT2D eigenvalue weighted by atomic mass is 9.89. The summed E-state index contributed by atoms with van der Waals surface area (Å²) in [7, 11) is 0. The van der Waals surface area contributed by atoms with Crippen LogP contribution in [0.3, 0.4) is 0 Å². The Bertz CT molecular complexity index is 730. The number of carboxylic acids is 1. The zero-order valence-electron chi connectivity index (χ0n) is 14.0. The molecule has 1 saturated heterocycles. The molecular weight excluding hydrogens is 336 g/mol. The molecule has 2 heterocycles. The van der Waals surface area contributed by atoms with Crippen molar-refractivity contribution in [3.8, 4) is 0 Å². The van der Waals surface area contributed by atoms with Gasteiger partial charge >= 0.3 is 5.97 Å². The number of carbonyl (C=O) groups excluding carboxylic acids is 1. The number of likely N-dealkylation sites (tertiary alicyclic amines) is 1. The zero-order valence-corrected chi connectivity index (χ0v) is 14.8. The molecule has 25 heavy (non-hydrogen) atoms. The van der Waals surface area contributed by atoms with Crippen molar-refractivity contribution in [2.75, 3.05) is 19.6 Å². The highest BCUT2D eigenvalue weighted by Gasteiger charge is 2.23. The summed E-state index contributed by atoms with van der Waals surface area (Å²) < 4.78 is 0. The van der Waals surface area contributed by atoms with Gasteiger partial charge in [0.05, 0.1) is 18.7 Å². The minimum absolute atomic E-state index is 0.0355. The van der Waals surface area contributed by atoms with Gasteiger partial charge in [0.15, 0.2) is 0 Å². The van der Waals surface area contributed by atoms with Crippen LogP contribution in [0.4, 0.5) is 0 Å². The molecule has 1 amide bonds. The van der Waals surface area contributed by atoms with E-state index in [0.29, 0.717) is 18.7 Å². The Morgan fingerprint density at radius 3 is 2.92 bits per heavy atom. The van der Waals surface area contributed by atoms with E-state index < -0.39 is 5.97 Å². The number of carboxylic acid groups (broad SMARTS) is 1. The van der Waals surface area contributed by atoms with E-state index >= 15 is 0 Å². The lowest BCUT2D eigenvalue weighted by Crippen LogP contribution is -2.41. The van der Waals surface area contributed by atoms with E-state index in [1.165, 1.54) is 0 Å². The molecule has 1 unspecified atom stereocenters. The van der Waals surface area contributed by atoms with Crippen molar-refractivity contribution in [3.05, 3.63) is 57.8 Å². The predicted molar refractivity (Wildman–Crippen MR) is 98.0 cm³/mol. The smallest absolute Gasteiger partial charge is 0.335 e. The van der Waals surface area contributed by atoms with Gasteiger partial charge in [-0.1, -0.05) is 18.2 Å². The Kier molecular flexibility index (Phi) is 5.83. The van der Waals surface area contributed by atoms with Crippen LogP contribution in [0.5, 0.6) is 0 Å². The summed E-state index contributed by atoms with van der Waals surface area (Å²) in [6, 6.07) is 11.1. The number of rotatable bonds is 6. The number of hydrogen-bond donors (Lipinski definition) is 2. The average Bonchev–Trinajstić information content (AvgIpc) is 3.14. The van der Waals surface area contributed by atoms with Crippen LogP contribution in [-0.2, 0) is 11.3 Å². The fraction of sp³-hybridized carbons (Fsp3) is 0.368. The molecule has 5 nitrogen and oxygen atoms in total. The van der Waals surface area contributed by atoms with Crippen molar-refractivity contribution in [2.45, 2.75) is 25.3 Å². The molecule has 132 valence electrons. The molecule has 1 aliphatic rings. The highest BCUT2D eigenvalue weighted by molar-refractivity contribution is 7.09. The lowest BCUT2D eigenvalue weighted by molar-refractivity contribution is -0.122. The van der Waals surface area contributed by atoms with E-state index in [4.69, 9.17) is 5.11 Å². The fourth-order valence-electron chi connectivity index (χ4n) is 3.25. The number of amides is 1. The maximum atomic E-state index is 12.2. The molecule has 0 spiro atoms. The molecule has 1 atom stereocenters. The minimum Gasteiger partial charge on any atom is -0.478 e. The van der Waals surface area contributed by atoms with Gasteiger partial charge in [-0.25, -0.2) is 4.79 Å². The summed E-state index contributed by atoms with van der Waals surface area (Å²) in [5, 5.41) is 14.1. The minimum atomic E-state index is -0.900. The molecule has 2 aromatic rings. The number of carbonyl (C=O) groups is 2. The van der Waals surface area contributed by atoms with E-state index in [1.807, 2.05) is 23.6 Å². The largest absolute Gasteiger partial charge is 0.478 e. The van der Waals surface area contributed by atoms with Crippen molar-refractivity contribution in [1.82, 2.24) is 10.2 Å². The Morgan fingerprint density at radius 1 is 1.28 bits per heavy atom. The monoisotopic (exact) mass is 358 g/mol. The van der Waals surface area contributed by atoms with Crippen LogP contribution in [0.25, 0.3) is 0 Å². The van der Waals surface area contributed by atoms with Gasteiger partial charge in [-0.2, -0.15) is 0 Å². The van der Waals surface area contributed by atoms with Crippen molar-refractivity contribution in [1.29, 1.82) is 0 Å². The van der Waals surface area contributed by atoms with E-state index in [1.54, 1.807) is 29.5 Å². The number of piperidine rings is 1. The standard InChI is InChI=1S/C19H22N2O3S/c22-18(20-11-17-7-3-9-25-17)13-21-8-2-6-16(12-21)14-4-1-5-15(10-14)19(23)24/h1,3-5,7,9-10,16H,2,6,8,11-13H2,(H,20,22)(H,23,24). The highest BCUT2D eigenvalue weighted by atomic mass is 32.1. The normalized spacial score (nSPS) is 18.0. The third-order valence-corrected chi connectivity index (χ3v) is 5.39. The van der Waals surface area contributed by atoms with Gasteiger partial charge in [-0.05, 0) is 54.4 Å². The molecule has 3 rings (SSSR count). The van der Waals surface area contributed by atoms with E-state index in [2.05, 4.69) is 10.2 Å². The second-order valence-corrected chi connectivity index (χ2v) is 7.39. The Hall–Kier alpha value is -2.18. The first-order valence-corrected chi connectivity index (χ1v) is 9.34. The van der Waals surface area contributed by atoms with Crippen molar-refractivity contribution in [3.63, 3.8) is 0 Å². The molecule has 0 bridgehead atoms. The number of nitrogens with one attached hydrogen (secondary N) is 1. The first-order chi connectivity index (χ1) is 12.1. The highest BCUT2D eigenvalue weighted by Crippen LogP contribution is 2.27. The summed E-state index contributed by atoms with van der Waals surface area (Å²) in [6.07, 6.45) is 2.04. The molecule has 1 fully saturated rings. The van der Waals surface area contributed by atoms with Crippen LogP contribution < -0.4 is 5.32 Å². The number of benzene rings is 1. The van der Waals surface area contributed by atoms with Gasteiger partial charge in [0.2, 0.25) is 5.91 Å². The van der Waals surface area contributed by atoms with Gasteiger partial charge in [-0.3, -0.25) is 9.69 Å². The number of aromatic carboxylic acids is 1. The molecule has 2 N–H and O–H groups in total. The van der Waals surface area contributed by atoms with Gasteiger partial charge in [0.25, 0.3) is 0 Å². The number of thiophene rings is 1. The Balaban J connectivity index is 1.54. The molecule has 0 radical (unpaired) electrons. The predicted octanol–water partition coefficient (Wildman–Crippen LogP) is 2.94. The van der Waals surface area contributed by atoms with Crippen molar-refractivity contribution >= 4 is 23.2 Å². The topological polar surface area (TPSA) is 69.6 Å². The number of nitrogens with zero attached hydrogens (tertiary/aromatic N) is 1. The van der Waals surface area contributed by atoms with E-state index in [-0.39, 0.29) is 11.8 Å². The quantitative estimate of drug-likeness (QED) is 0.833. The van der Waals surface area contributed by atoms with Crippen LogP contribution in [0, 0.1) is 0 Å². The van der Waals surface area contributed by atoms with Gasteiger partial charge < -0.3 is 10.4 Å². The molecule has 1 aromatic carbocycles. The third-order valence-electron chi connectivity index (χ3n) is 4.52. The third kappa shape index (κ3) is 4.90. The molecule has 0 aliphatic carbocycles. The van der Waals surface area contributed by atoms with Crippen LogP contribution in [0.15, 0.2) is 41.8 Å². The summed E-state index contributed by atoms with van der Waals surface area (Å²) in [6.45, 7) is 2.66. The molecule has 1 aromatic heterocycles. The summed E-state index contributed by atoms with van der Waals surface area (Å²) in [4.78, 5) is 26.6.